The number of phenols is 1. The summed E-state index contributed by atoms with van der Waals surface area (Å²) in [4.78, 5) is 2.38. The molecule has 2 aromatic carbocycles. The van der Waals surface area contributed by atoms with Crippen LogP contribution in [0.3, 0.4) is 0 Å². The zero-order chi connectivity index (χ0) is 33.9. The van der Waals surface area contributed by atoms with Gasteiger partial charge in [0.05, 0.1) is 13.2 Å². The molecule has 2 rings (SSSR count). The molecule has 43 heavy (non-hydrogen) atoms. The van der Waals surface area contributed by atoms with E-state index in [2.05, 4.69) is 57.5 Å². The highest BCUT2D eigenvalue weighted by atomic mass is 127. The molecule has 13 heteroatoms. The number of aliphatic hydroxyl groups is 2. The molecule has 250 valence electrons. The molecule has 0 aliphatic rings. The number of hydrogen-bond acceptors (Lipinski definition) is 5. The molecule has 0 bridgehead atoms. The van der Waals surface area contributed by atoms with Crippen molar-refractivity contribution < 1.29 is 42.0 Å². The van der Waals surface area contributed by atoms with Crippen molar-refractivity contribution in [2.45, 2.75) is 81.9 Å². The minimum Gasteiger partial charge on any atom is -0.508 e. The molecule has 2 aromatic rings. The van der Waals surface area contributed by atoms with E-state index in [1.807, 2.05) is 12.1 Å². The van der Waals surface area contributed by atoms with Gasteiger partial charge in [0.1, 0.15) is 23.3 Å². The second kappa shape index (κ2) is 22.7. The van der Waals surface area contributed by atoms with Crippen LogP contribution in [-0.4, -0.2) is 80.6 Å². The van der Waals surface area contributed by atoms with E-state index in [1.54, 1.807) is 59.0 Å². The van der Waals surface area contributed by atoms with Crippen LogP contribution in [0.2, 0.25) is 0 Å². The van der Waals surface area contributed by atoms with Crippen LogP contribution in [0.25, 0.3) is 0 Å². The summed E-state index contributed by atoms with van der Waals surface area (Å²) >= 11 is 8.13. The molecule has 0 radical (unpaired) electrons. The minimum absolute atomic E-state index is 0.166. The second-order valence-corrected chi connectivity index (χ2v) is 13.7. The van der Waals surface area contributed by atoms with Crippen molar-refractivity contribution in [3.8, 4) is 11.5 Å². The Labute approximate surface area is 283 Å². The summed E-state index contributed by atoms with van der Waals surface area (Å²) in [6.45, 7) is 12.9. The summed E-state index contributed by atoms with van der Waals surface area (Å²) in [7, 11) is 0. The number of phenolic OH excluding ortho intramolecular Hbond substituents is 1. The van der Waals surface area contributed by atoms with Gasteiger partial charge in [-0.15, -0.1) is 0 Å². The Kier molecular flexibility index (Phi) is 23.4. The molecule has 0 aliphatic carbocycles. The summed E-state index contributed by atoms with van der Waals surface area (Å²) in [6.07, 6.45) is -5.92. The molecular formula is C30H45Br2F5INO4. The first-order valence-electron chi connectivity index (χ1n) is 13.6. The summed E-state index contributed by atoms with van der Waals surface area (Å²) in [5, 5.41) is 26.3. The first-order chi connectivity index (χ1) is 19.7. The summed E-state index contributed by atoms with van der Waals surface area (Å²) < 4.78 is 68.5. The van der Waals surface area contributed by atoms with Crippen LogP contribution in [0.15, 0.2) is 57.5 Å². The number of aliphatic hydroxyl groups excluding tert-OH is 2. The predicted molar refractivity (Wildman–Crippen MR) is 180 cm³/mol. The molecule has 0 saturated carbocycles. The SMILES string of the molecule is CC(C)(F)CC(CO)Oc1ccc(Br)cc1.CC(F)(CC(I)CO)C(F)(F)F.CCN(CC)CC.Oc1ccc(Br)cc1. The number of nitrogens with zero attached hydrogens (tertiary/aromatic N) is 1. The van der Waals surface area contributed by atoms with Crippen LogP contribution < -0.4 is 4.74 Å². The average molecular weight is 865 g/mol. The number of alkyl halides is 6. The first kappa shape index (κ1) is 44.4. The van der Waals surface area contributed by atoms with Crippen LogP contribution in [-0.2, 0) is 0 Å². The number of ether oxygens (including phenoxy) is 1. The molecule has 5 nitrogen and oxygen atoms in total. The molecule has 3 unspecified atom stereocenters. The van der Waals surface area contributed by atoms with Gasteiger partial charge in [0.2, 0.25) is 5.67 Å². The van der Waals surface area contributed by atoms with Gasteiger partial charge in [-0.25, -0.2) is 8.78 Å². The van der Waals surface area contributed by atoms with Crippen molar-refractivity contribution in [3.05, 3.63) is 57.5 Å². The van der Waals surface area contributed by atoms with Gasteiger partial charge in [0, 0.05) is 25.7 Å². The van der Waals surface area contributed by atoms with Gasteiger partial charge in [-0.1, -0.05) is 75.2 Å². The highest BCUT2D eigenvalue weighted by molar-refractivity contribution is 14.1. The van der Waals surface area contributed by atoms with Gasteiger partial charge < -0.3 is 25.0 Å². The van der Waals surface area contributed by atoms with E-state index in [0.717, 1.165) is 8.95 Å². The largest absolute Gasteiger partial charge is 0.508 e. The fraction of sp³-hybridized carbons (Fsp3) is 0.600. The Bertz CT molecular complexity index is 932. The monoisotopic (exact) mass is 863 g/mol. The Morgan fingerprint density at radius 2 is 1.19 bits per heavy atom. The quantitative estimate of drug-likeness (QED) is 0.119. The molecule has 0 saturated heterocycles. The maximum absolute atomic E-state index is 13.4. The van der Waals surface area contributed by atoms with Crippen molar-refractivity contribution in [3.63, 3.8) is 0 Å². The van der Waals surface area contributed by atoms with E-state index < -0.39 is 40.6 Å². The number of halogens is 8. The van der Waals surface area contributed by atoms with Gasteiger partial charge in [-0.3, -0.25) is 0 Å². The summed E-state index contributed by atoms with van der Waals surface area (Å²) in [5.41, 5.74) is -4.55. The number of benzene rings is 2. The topological polar surface area (TPSA) is 73.2 Å². The molecule has 0 aromatic heterocycles. The lowest BCUT2D eigenvalue weighted by Crippen LogP contribution is -2.40. The van der Waals surface area contributed by atoms with Crippen molar-refractivity contribution in [1.82, 2.24) is 4.90 Å². The Balaban J connectivity index is 0. The number of rotatable bonds is 11. The normalized spacial score (nSPS) is 14.1. The standard InChI is InChI=1S/C12H16BrFO2.C6H5BrO.C6H9F4IO.C6H15N/c1-12(2,14)7-11(8-15)16-10-5-3-9(13)4-6-10;7-5-1-3-6(8)4-2-5;1-5(7,6(8,9)10)2-4(11)3-12;1-4-7(5-2)6-3/h3-6,11,15H,7-8H2,1-2H3;1-4,8H;4,12H,2-3H2,1H3;4-6H2,1-3H3. The third-order valence-electron chi connectivity index (χ3n) is 5.60. The van der Waals surface area contributed by atoms with Crippen molar-refractivity contribution >= 4 is 54.5 Å². The average Bonchev–Trinajstić information content (AvgIpc) is 2.91. The third kappa shape index (κ3) is 23.3. The van der Waals surface area contributed by atoms with Gasteiger partial charge in [-0.05, 0) is 88.9 Å². The smallest absolute Gasteiger partial charge is 0.422 e. The van der Waals surface area contributed by atoms with Gasteiger partial charge in [-0.2, -0.15) is 13.2 Å². The minimum atomic E-state index is -4.86. The van der Waals surface area contributed by atoms with Crippen molar-refractivity contribution in [2.75, 3.05) is 32.8 Å². The van der Waals surface area contributed by atoms with E-state index in [9.17, 15) is 22.0 Å². The summed E-state index contributed by atoms with van der Waals surface area (Å²) in [6, 6.07) is 14.1. The molecular weight excluding hydrogens is 820 g/mol. The predicted octanol–water partition coefficient (Wildman–Crippen LogP) is 9.29. The maximum Gasteiger partial charge on any atom is 0.422 e. The molecule has 3 atom stereocenters. The van der Waals surface area contributed by atoms with E-state index in [1.165, 1.54) is 33.5 Å². The fourth-order valence-electron chi connectivity index (χ4n) is 3.10. The van der Waals surface area contributed by atoms with Crippen LogP contribution in [0, 0.1) is 0 Å². The van der Waals surface area contributed by atoms with Gasteiger partial charge in [0.15, 0.2) is 0 Å². The lowest BCUT2D eigenvalue weighted by atomic mass is 10.0. The van der Waals surface area contributed by atoms with Crippen molar-refractivity contribution in [2.24, 2.45) is 0 Å². The molecule has 0 amide bonds. The number of aromatic hydroxyl groups is 1. The second-order valence-electron chi connectivity index (χ2n) is 10.1. The molecule has 3 N–H and O–H groups in total. The molecule has 0 fully saturated rings. The Morgan fingerprint density at radius 3 is 1.47 bits per heavy atom. The van der Waals surface area contributed by atoms with Crippen LogP contribution in [0.5, 0.6) is 11.5 Å². The number of hydrogen-bond donors (Lipinski definition) is 3. The van der Waals surface area contributed by atoms with E-state index >= 15 is 0 Å². The van der Waals surface area contributed by atoms with E-state index in [-0.39, 0.29) is 13.0 Å². The Morgan fingerprint density at radius 1 is 0.767 bits per heavy atom. The Hall–Kier alpha value is -0.740. The van der Waals surface area contributed by atoms with E-state index in [4.69, 9.17) is 20.1 Å². The summed E-state index contributed by atoms with van der Waals surface area (Å²) in [5.74, 6) is 0.930. The highest BCUT2D eigenvalue weighted by Crippen LogP contribution is 2.38. The lowest BCUT2D eigenvalue weighted by Gasteiger charge is -2.25. The zero-order valence-electron chi connectivity index (χ0n) is 25.4. The molecule has 0 aliphatic heterocycles. The maximum atomic E-state index is 13.4. The van der Waals surface area contributed by atoms with Crippen LogP contribution >= 0.6 is 54.5 Å². The first-order valence-corrected chi connectivity index (χ1v) is 16.5. The van der Waals surface area contributed by atoms with Crippen LogP contribution in [0.1, 0.15) is 54.4 Å². The molecule has 0 heterocycles. The fourth-order valence-corrected chi connectivity index (χ4v) is 4.45. The lowest BCUT2D eigenvalue weighted by molar-refractivity contribution is -0.225. The van der Waals surface area contributed by atoms with Crippen molar-refractivity contribution in [1.29, 1.82) is 0 Å². The van der Waals surface area contributed by atoms with E-state index in [0.29, 0.717) is 18.4 Å². The van der Waals surface area contributed by atoms with Gasteiger partial charge in [0.25, 0.3) is 0 Å². The van der Waals surface area contributed by atoms with Crippen LogP contribution in [0.4, 0.5) is 22.0 Å². The third-order valence-corrected chi connectivity index (χ3v) is 7.49. The highest BCUT2D eigenvalue weighted by Gasteiger charge is 2.52. The zero-order valence-corrected chi connectivity index (χ0v) is 30.8. The molecule has 0 spiro atoms. The van der Waals surface area contributed by atoms with Gasteiger partial charge >= 0.3 is 6.18 Å².